The predicted molar refractivity (Wildman–Crippen MR) is 90.0 cm³/mol. The van der Waals surface area contributed by atoms with Crippen LogP contribution in [0.15, 0.2) is 55.0 Å². The van der Waals surface area contributed by atoms with Gasteiger partial charge in [0.2, 0.25) is 0 Å². The van der Waals surface area contributed by atoms with Crippen molar-refractivity contribution in [3.05, 3.63) is 66.4 Å². The number of amides is 1. The van der Waals surface area contributed by atoms with Crippen LogP contribution < -0.4 is 5.32 Å². The molecule has 0 atom stereocenters. The zero-order valence-corrected chi connectivity index (χ0v) is 13.2. The third-order valence-corrected chi connectivity index (χ3v) is 3.98. The van der Waals surface area contributed by atoms with Gasteiger partial charge in [0.1, 0.15) is 12.1 Å². The van der Waals surface area contributed by atoms with Crippen molar-refractivity contribution in [1.82, 2.24) is 24.8 Å². The number of nitrogens with one attached hydrogen (secondary N) is 1. The average Bonchev–Trinajstić information content (AvgIpc) is 3.26. The summed E-state index contributed by atoms with van der Waals surface area (Å²) in [5.74, 6) is -1.15. The first-order chi connectivity index (χ1) is 12.1. The zero-order valence-electron chi connectivity index (χ0n) is 13.2. The first-order valence-corrected chi connectivity index (χ1v) is 7.52. The van der Waals surface area contributed by atoms with E-state index in [1.807, 2.05) is 36.0 Å². The summed E-state index contributed by atoms with van der Waals surface area (Å²) in [4.78, 5) is 12.6. The van der Waals surface area contributed by atoms with Gasteiger partial charge in [-0.05, 0) is 46.8 Å². The summed E-state index contributed by atoms with van der Waals surface area (Å²) in [6, 6.07) is 11.6. The minimum atomic E-state index is -0.616. The maximum Gasteiger partial charge on any atom is 0.258 e. The van der Waals surface area contributed by atoms with Crippen molar-refractivity contribution in [3.8, 4) is 5.69 Å². The number of hydrogen-bond acceptors (Lipinski definition) is 4. The molecular weight excluding hydrogens is 323 g/mol. The molecule has 1 N–H and O–H groups in total. The maximum absolute atomic E-state index is 14.2. The molecule has 4 aromatic rings. The van der Waals surface area contributed by atoms with Crippen molar-refractivity contribution in [2.45, 2.75) is 0 Å². The number of hydrogen-bond donors (Lipinski definition) is 1. The lowest BCUT2D eigenvalue weighted by atomic mass is 10.1. The summed E-state index contributed by atoms with van der Waals surface area (Å²) < 4.78 is 17.5. The largest absolute Gasteiger partial charge is 0.350 e. The van der Waals surface area contributed by atoms with E-state index in [1.54, 1.807) is 6.07 Å². The van der Waals surface area contributed by atoms with Crippen LogP contribution in [0.4, 0.5) is 10.1 Å². The molecule has 8 heteroatoms. The molecule has 0 aliphatic rings. The molecule has 0 fully saturated rings. The van der Waals surface area contributed by atoms with Crippen LogP contribution in [0.3, 0.4) is 0 Å². The van der Waals surface area contributed by atoms with Crippen LogP contribution >= 0.6 is 0 Å². The molecule has 1 amide bonds. The van der Waals surface area contributed by atoms with Crippen LogP contribution in [-0.4, -0.2) is 30.7 Å². The van der Waals surface area contributed by atoms with E-state index in [9.17, 15) is 9.18 Å². The van der Waals surface area contributed by atoms with E-state index >= 15 is 0 Å². The number of halogens is 1. The van der Waals surface area contributed by atoms with Gasteiger partial charge in [-0.25, -0.2) is 9.07 Å². The molecule has 2 aromatic carbocycles. The summed E-state index contributed by atoms with van der Waals surface area (Å²) in [6.07, 6.45) is 3.28. The van der Waals surface area contributed by atoms with E-state index in [1.165, 1.54) is 29.2 Å². The highest BCUT2D eigenvalue weighted by atomic mass is 19.1. The Morgan fingerprint density at radius 2 is 2.08 bits per heavy atom. The molecule has 0 saturated carbocycles. The van der Waals surface area contributed by atoms with Gasteiger partial charge < -0.3 is 9.88 Å². The van der Waals surface area contributed by atoms with E-state index in [0.29, 0.717) is 11.4 Å². The Morgan fingerprint density at radius 1 is 1.20 bits per heavy atom. The number of benzene rings is 2. The highest BCUT2D eigenvalue weighted by Crippen LogP contribution is 2.25. The predicted octanol–water partition coefficient (Wildman–Crippen LogP) is 2.55. The van der Waals surface area contributed by atoms with Crippen LogP contribution in [0.2, 0.25) is 0 Å². The Morgan fingerprint density at radius 3 is 2.88 bits per heavy atom. The normalized spacial score (nSPS) is 11.0. The summed E-state index contributed by atoms with van der Waals surface area (Å²) in [5.41, 5.74) is 2.01. The minimum Gasteiger partial charge on any atom is -0.350 e. The van der Waals surface area contributed by atoms with Gasteiger partial charge in [0.25, 0.3) is 5.91 Å². The van der Waals surface area contributed by atoms with Gasteiger partial charge in [-0.2, -0.15) is 0 Å². The maximum atomic E-state index is 14.2. The number of anilines is 1. The van der Waals surface area contributed by atoms with Crippen molar-refractivity contribution in [3.63, 3.8) is 0 Å². The molecule has 7 nitrogen and oxygen atoms in total. The Balaban J connectivity index is 1.70. The molecule has 0 radical (unpaired) electrons. The molecule has 25 heavy (non-hydrogen) atoms. The molecule has 4 rings (SSSR count). The molecule has 0 aliphatic heterocycles. The zero-order chi connectivity index (χ0) is 17.4. The molecule has 2 heterocycles. The van der Waals surface area contributed by atoms with E-state index in [2.05, 4.69) is 20.8 Å². The smallest absolute Gasteiger partial charge is 0.258 e. The topological polar surface area (TPSA) is 77.6 Å². The van der Waals surface area contributed by atoms with E-state index in [-0.39, 0.29) is 5.56 Å². The monoisotopic (exact) mass is 336 g/mol. The third kappa shape index (κ3) is 2.63. The molecule has 124 valence electrons. The highest BCUT2D eigenvalue weighted by molar-refractivity contribution is 6.09. The lowest BCUT2D eigenvalue weighted by Crippen LogP contribution is -2.14. The van der Waals surface area contributed by atoms with Crippen molar-refractivity contribution in [2.75, 3.05) is 5.32 Å². The number of tetrazole rings is 1. The van der Waals surface area contributed by atoms with Gasteiger partial charge in [0.05, 0.1) is 16.9 Å². The second kappa shape index (κ2) is 5.82. The van der Waals surface area contributed by atoms with Gasteiger partial charge in [-0.1, -0.05) is 6.07 Å². The summed E-state index contributed by atoms with van der Waals surface area (Å²) >= 11 is 0. The van der Waals surface area contributed by atoms with Crippen LogP contribution in [0, 0.1) is 5.82 Å². The SMILES string of the molecule is Cn1ccc2c(NC(=O)c3cc(-n4cnnn4)ccc3F)cccc21. The van der Waals surface area contributed by atoms with Gasteiger partial charge in [-0.3, -0.25) is 4.79 Å². The van der Waals surface area contributed by atoms with Crippen LogP contribution in [0.1, 0.15) is 10.4 Å². The van der Waals surface area contributed by atoms with Gasteiger partial charge in [-0.15, -0.1) is 5.10 Å². The molecule has 0 bridgehead atoms. The van der Waals surface area contributed by atoms with E-state index in [0.717, 1.165) is 10.9 Å². The average molecular weight is 336 g/mol. The fourth-order valence-corrected chi connectivity index (χ4v) is 2.71. The molecular formula is C17H13FN6O. The summed E-state index contributed by atoms with van der Waals surface area (Å²) in [5, 5.41) is 14.5. The summed E-state index contributed by atoms with van der Waals surface area (Å²) in [7, 11) is 1.92. The van der Waals surface area contributed by atoms with Crippen molar-refractivity contribution < 1.29 is 9.18 Å². The number of carbonyl (C=O) groups is 1. The van der Waals surface area contributed by atoms with Crippen molar-refractivity contribution in [2.24, 2.45) is 7.05 Å². The van der Waals surface area contributed by atoms with Crippen LogP contribution in [-0.2, 0) is 7.05 Å². The van der Waals surface area contributed by atoms with Crippen molar-refractivity contribution >= 4 is 22.5 Å². The number of nitrogens with zero attached hydrogens (tertiary/aromatic N) is 5. The van der Waals surface area contributed by atoms with Crippen molar-refractivity contribution in [1.29, 1.82) is 0 Å². The Hall–Kier alpha value is -3.55. The lowest BCUT2D eigenvalue weighted by molar-refractivity contribution is 0.102. The Kier molecular flexibility index (Phi) is 3.50. The summed E-state index contributed by atoms with van der Waals surface area (Å²) in [6.45, 7) is 0. The van der Waals surface area contributed by atoms with Crippen LogP contribution in [0.5, 0.6) is 0 Å². The van der Waals surface area contributed by atoms with Gasteiger partial charge in [0.15, 0.2) is 0 Å². The quantitative estimate of drug-likeness (QED) is 0.624. The Labute approximate surface area is 141 Å². The Bertz CT molecular complexity index is 1070. The number of rotatable bonds is 3. The molecule has 0 unspecified atom stereocenters. The fraction of sp³-hybridized carbons (Fsp3) is 0.0588. The number of aromatic nitrogens is 5. The van der Waals surface area contributed by atoms with Gasteiger partial charge in [0, 0.05) is 24.1 Å². The second-order valence-electron chi connectivity index (χ2n) is 5.54. The van der Waals surface area contributed by atoms with E-state index < -0.39 is 11.7 Å². The number of aryl methyl sites for hydroxylation is 1. The second-order valence-corrected chi connectivity index (χ2v) is 5.54. The number of fused-ring (bicyclic) bond motifs is 1. The standard InChI is InChI=1S/C17H13FN6O/c1-23-8-7-12-15(3-2-4-16(12)23)20-17(25)13-9-11(5-6-14(13)18)24-10-19-21-22-24/h2-10H,1H3,(H,20,25). The molecule has 0 aliphatic carbocycles. The fourth-order valence-electron chi connectivity index (χ4n) is 2.71. The number of carbonyl (C=O) groups excluding carboxylic acids is 1. The van der Waals surface area contributed by atoms with Crippen LogP contribution in [0.25, 0.3) is 16.6 Å². The first-order valence-electron chi connectivity index (χ1n) is 7.52. The first kappa shape index (κ1) is 15.0. The highest BCUT2D eigenvalue weighted by Gasteiger charge is 2.15. The molecule has 0 saturated heterocycles. The minimum absolute atomic E-state index is 0.0825. The third-order valence-electron chi connectivity index (χ3n) is 3.98. The molecule has 2 aromatic heterocycles. The van der Waals surface area contributed by atoms with Gasteiger partial charge >= 0.3 is 0 Å². The van der Waals surface area contributed by atoms with E-state index in [4.69, 9.17) is 0 Å². The molecule has 0 spiro atoms. The lowest BCUT2D eigenvalue weighted by Gasteiger charge is -2.09.